The van der Waals surface area contributed by atoms with E-state index >= 15 is 0 Å². The SMILES string of the molecule is CC(C)(C)OC(=O)N1CCC(c2ccc(CCc3nnc(-c4ccccc4)o3)cc2)C(OCc2ccc3ccccc3c2)C1. The number of amides is 1. The molecule has 0 spiro atoms. The molecule has 0 radical (unpaired) electrons. The summed E-state index contributed by atoms with van der Waals surface area (Å²) in [5.41, 5.74) is 3.91. The molecule has 1 fully saturated rings. The molecule has 0 saturated carbocycles. The Morgan fingerprint density at radius 2 is 1.59 bits per heavy atom. The largest absolute Gasteiger partial charge is 0.444 e. The van der Waals surface area contributed by atoms with Crippen LogP contribution in [0.3, 0.4) is 0 Å². The molecule has 44 heavy (non-hydrogen) atoms. The maximum Gasteiger partial charge on any atom is 0.410 e. The fourth-order valence-electron chi connectivity index (χ4n) is 5.73. The summed E-state index contributed by atoms with van der Waals surface area (Å²) in [4.78, 5) is 14.8. The predicted molar refractivity (Wildman–Crippen MR) is 171 cm³/mol. The quantitative estimate of drug-likeness (QED) is 0.183. The fraction of sp³-hybridized carbons (Fsp3) is 0.324. The topological polar surface area (TPSA) is 77.7 Å². The van der Waals surface area contributed by atoms with E-state index in [1.165, 1.54) is 21.9 Å². The summed E-state index contributed by atoms with van der Waals surface area (Å²) in [5, 5.41) is 10.8. The Morgan fingerprint density at radius 3 is 2.36 bits per heavy atom. The van der Waals surface area contributed by atoms with E-state index in [4.69, 9.17) is 13.9 Å². The second-order valence-corrected chi connectivity index (χ2v) is 12.5. The molecular formula is C37H39N3O4. The lowest BCUT2D eigenvalue weighted by atomic mass is 9.86. The smallest absolute Gasteiger partial charge is 0.410 e. The lowest BCUT2D eigenvalue weighted by molar-refractivity contribution is -0.0359. The Bertz CT molecular complexity index is 1690. The lowest BCUT2D eigenvalue weighted by Gasteiger charge is -2.39. The van der Waals surface area contributed by atoms with Crippen LogP contribution in [0.4, 0.5) is 4.79 Å². The first-order valence-electron chi connectivity index (χ1n) is 15.3. The monoisotopic (exact) mass is 589 g/mol. The van der Waals surface area contributed by atoms with E-state index < -0.39 is 5.60 Å². The molecule has 1 aromatic heterocycles. The first-order chi connectivity index (χ1) is 21.3. The van der Waals surface area contributed by atoms with Crippen molar-refractivity contribution in [3.8, 4) is 11.5 Å². The summed E-state index contributed by atoms with van der Waals surface area (Å²) in [6, 6.07) is 33.3. The molecular weight excluding hydrogens is 550 g/mol. The van der Waals surface area contributed by atoms with Gasteiger partial charge in [-0.05, 0) is 79.3 Å². The summed E-state index contributed by atoms with van der Waals surface area (Å²) in [6.07, 6.45) is 1.82. The van der Waals surface area contributed by atoms with Gasteiger partial charge < -0.3 is 18.8 Å². The number of hydrogen-bond acceptors (Lipinski definition) is 6. The van der Waals surface area contributed by atoms with Gasteiger partial charge in [-0.1, -0.05) is 78.9 Å². The molecule has 1 saturated heterocycles. The number of benzene rings is 4. The number of nitrogens with zero attached hydrogens (tertiary/aromatic N) is 3. The van der Waals surface area contributed by atoms with Crippen LogP contribution in [0.1, 0.15) is 55.7 Å². The van der Waals surface area contributed by atoms with Crippen molar-refractivity contribution in [2.24, 2.45) is 0 Å². The Labute approximate surface area is 258 Å². The molecule has 1 amide bonds. The molecule has 7 nitrogen and oxygen atoms in total. The molecule has 1 aliphatic rings. The standard InChI is InChI=1S/C37H39N3O4/c1-37(2,3)44-36(41)40-22-21-32(33(24-40)42-25-27-15-17-28-9-7-8-12-31(28)23-27)29-18-13-26(14-19-29)16-20-34-38-39-35(43-34)30-10-5-4-6-11-30/h4-15,17-19,23,32-33H,16,20-22,24-25H2,1-3H3. The van der Waals surface area contributed by atoms with Crippen molar-refractivity contribution < 1.29 is 18.7 Å². The lowest BCUT2D eigenvalue weighted by Crippen LogP contribution is -2.48. The molecule has 1 aliphatic heterocycles. The van der Waals surface area contributed by atoms with Gasteiger partial charge >= 0.3 is 6.09 Å². The number of fused-ring (bicyclic) bond motifs is 1. The van der Waals surface area contributed by atoms with Gasteiger partial charge in [0.2, 0.25) is 11.8 Å². The minimum absolute atomic E-state index is 0.160. The highest BCUT2D eigenvalue weighted by molar-refractivity contribution is 5.82. The molecule has 2 heterocycles. The molecule has 7 heteroatoms. The second kappa shape index (κ2) is 13.0. The molecule has 5 aromatic rings. The van der Waals surface area contributed by atoms with E-state index in [-0.39, 0.29) is 18.1 Å². The number of hydrogen-bond donors (Lipinski definition) is 0. The van der Waals surface area contributed by atoms with E-state index in [0.29, 0.717) is 37.9 Å². The van der Waals surface area contributed by atoms with Gasteiger partial charge in [0.25, 0.3) is 0 Å². The third kappa shape index (κ3) is 7.34. The molecule has 226 valence electrons. The van der Waals surface area contributed by atoms with Crippen LogP contribution in [0, 0.1) is 0 Å². The van der Waals surface area contributed by atoms with Gasteiger partial charge in [0.05, 0.1) is 19.3 Å². The van der Waals surface area contributed by atoms with Crippen LogP contribution < -0.4 is 0 Å². The number of rotatable bonds is 8. The van der Waals surface area contributed by atoms with Crippen molar-refractivity contribution in [2.45, 2.75) is 64.3 Å². The maximum atomic E-state index is 13.0. The van der Waals surface area contributed by atoms with Crippen LogP contribution in [0.25, 0.3) is 22.2 Å². The van der Waals surface area contributed by atoms with Crippen LogP contribution in [0.15, 0.2) is 101 Å². The van der Waals surface area contributed by atoms with Crippen molar-refractivity contribution >= 4 is 16.9 Å². The Balaban J connectivity index is 1.13. The highest BCUT2D eigenvalue weighted by Crippen LogP contribution is 2.32. The number of piperidine rings is 1. The summed E-state index contributed by atoms with van der Waals surface area (Å²) < 4.78 is 18.2. The molecule has 0 bridgehead atoms. The van der Waals surface area contributed by atoms with E-state index in [9.17, 15) is 4.79 Å². The van der Waals surface area contributed by atoms with Crippen molar-refractivity contribution in [1.29, 1.82) is 0 Å². The van der Waals surface area contributed by atoms with Crippen LogP contribution in [0.2, 0.25) is 0 Å². The Morgan fingerprint density at radius 1 is 0.864 bits per heavy atom. The summed E-state index contributed by atoms with van der Waals surface area (Å²) >= 11 is 0. The highest BCUT2D eigenvalue weighted by Gasteiger charge is 2.35. The Hall–Kier alpha value is -4.49. The third-order valence-corrected chi connectivity index (χ3v) is 8.01. The number of carbonyl (C=O) groups is 1. The van der Waals surface area contributed by atoms with Crippen LogP contribution in [-0.2, 0) is 28.9 Å². The molecule has 0 N–H and O–H groups in total. The molecule has 4 aromatic carbocycles. The second-order valence-electron chi connectivity index (χ2n) is 12.5. The van der Waals surface area contributed by atoms with Crippen LogP contribution in [-0.4, -0.2) is 46.0 Å². The summed E-state index contributed by atoms with van der Waals surface area (Å²) in [6.45, 7) is 7.27. The van der Waals surface area contributed by atoms with Crippen molar-refractivity contribution in [3.63, 3.8) is 0 Å². The fourth-order valence-corrected chi connectivity index (χ4v) is 5.73. The number of carbonyl (C=O) groups excluding carboxylic acids is 1. The molecule has 0 aliphatic carbocycles. The number of ether oxygens (including phenoxy) is 2. The van der Waals surface area contributed by atoms with Crippen molar-refractivity contribution in [3.05, 3.63) is 120 Å². The minimum atomic E-state index is -0.546. The average Bonchev–Trinajstić information content (AvgIpc) is 3.52. The highest BCUT2D eigenvalue weighted by atomic mass is 16.6. The summed E-state index contributed by atoms with van der Waals surface area (Å²) in [7, 11) is 0. The van der Waals surface area contributed by atoms with Gasteiger partial charge in [0.1, 0.15) is 5.60 Å². The van der Waals surface area contributed by atoms with Gasteiger partial charge in [0.15, 0.2) is 0 Å². The van der Waals surface area contributed by atoms with Gasteiger partial charge in [-0.25, -0.2) is 4.79 Å². The molecule has 6 rings (SSSR count). The Kier molecular flexibility index (Phi) is 8.75. The van der Waals surface area contributed by atoms with E-state index in [1.54, 1.807) is 4.90 Å². The van der Waals surface area contributed by atoms with Gasteiger partial charge in [-0.3, -0.25) is 0 Å². The maximum absolute atomic E-state index is 13.0. The normalized spacial score (nSPS) is 17.1. The first kappa shape index (κ1) is 29.6. The van der Waals surface area contributed by atoms with Crippen molar-refractivity contribution in [2.75, 3.05) is 13.1 Å². The van der Waals surface area contributed by atoms with E-state index in [2.05, 4.69) is 76.9 Å². The van der Waals surface area contributed by atoms with Crippen LogP contribution in [0.5, 0.6) is 0 Å². The zero-order valence-electron chi connectivity index (χ0n) is 25.6. The number of aryl methyl sites for hydroxylation is 2. The molecule has 2 atom stereocenters. The van der Waals surface area contributed by atoms with Gasteiger partial charge in [-0.15, -0.1) is 10.2 Å². The zero-order valence-corrected chi connectivity index (χ0v) is 25.6. The number of aromatic nitrogens is 2. The predicted octanol–water partition coefficient (Wildman–Crippen LogP) is 7.98. The van der Waals surface area contributed by atoms with Crippen molar-refractivity contribution in [1.82, 2.24) is 15.1 Å². The van der Waals surface area contributed by atoms with Crippen LogP contribution >= 0.6 is 0 Å². The minimum Gasteiger partial charge on any atom is -0.444 e. The summed E-state index contributed by atoms with van der Waals surface area (Å²) in [5.74, 6) is 1.33. The third-order valence-electron chi connectivity index (χ3n) is 8.01. The number of likely N-dealkylation sites (tertiary alicyclic amines) is 1. The van der Waals surface area contributed by atoms with E-state index in [0.717, 1.165) is 24.0 Å². The van der Waals surface area contributed by atoms with Gasteiger partial charge in [0, 0.05) is 24.4 Å². The average molecular weight is 590 g/mol. The first-order valence-corrected chi connectivity index (χ1v) is 15.3. The van der Waals surface area contributed by atoms with Gasteiger partial charge in [-0.2, -0.15) is 0 Å². The van der Waals surface area contributed by atoms with E-state index in [1.807, 2.05) is 51.1 Å². The molecule has 2 unspecified atom stereocenters. The zero-order chi connectivity index (χ0) is 30.5.